The molecule has 0 aromatic heterocycles. The number of hydrogen-bond acceptors (Lipinski definition) is 5. The zero-order valence-electron chi connectivity index (χ0n) is 11.4. The molecule has 2 aliphatic heterocycles. The van der Waals surface area contributed by atoms with E-state index in [0.717, 1.165) is 26.1 Å². The van der Waals surface area contributed by atoms with Crippen molar-refractivity contribution < 1.29 is 0 Å². The molecule has 3 aliphatic rings. The second kappa shape index (κ2) is 5.27. The highest BCUT2D eigenvalue weighted by atomic mass is 15.5. The van der Waals surface area contributed by atoms with Gasteiger partial charge in [-0.15, -0.1) is 0 Å². The van der Waals surface area contributed by atoms with E-state index in [1.165, 1.54) is 5.82 Å². The molecule has 1 saturated heterocycles. The van der Waals surface area contributed by atoms with Gasteiger partial charge >= 0.3 is 0 Å². The van der Waals surface area contributed by atoms with Crippen LogP contribution in [0.15, 0.2) is 36.3 Å². The Morgan fingerprint density at radius 1 is 1.26 bits per heavy atom. The number of hydrazine groups is 1. The van der Waals surface area contributed by atoms with E-state index >= 15 is 0 Å². The lowest BCUT2D eigenvalue weighted by molar-refractivity contribution is 0.0851. The van der Waals surface area contributed by atoms with Crippen LogP contribution in [0.3, 0.4) is 0 Å². The van der Waals surface area contributed by atoms with Gasteiger partial charge in [0.05, 0.1) is 12.1 Å². The van der Waals surface area contributed by atoms with Crippen LogP contribution in [-0.2, 0) is 0 Å². The van der Waals surface area contributed by atoms with Gasteiger partial charge in [-0.3, -0.25) is 5.84 Å². The average molecular weight is 261 g/mol. The maximum atomic E-state index is 6.02. The summed E-state index contributed by atoms with van der Waals surface area (Å²) in [4.78, 5) is 2.40. The molecule has 0 radical (unpaired) electrons. The topological polar surface area (TPSA) is 56.6 Å². The molecule has 19 heavy (non-hydrogen) atoms. The van der Waals surface area contributed by atoms with E-state index in [2.05, 4.69) is 53.0 Å². The van der Waals surface area contributed by atoms with Gasteiger partial charge in [-0.25, -0.2) is 5.01 Å². The van der Waals surface area contributed by atoms with Crippen LogP contribution in [0.4, 0.5) is 0 Å². The van der Waals surface area contributed by atoms with Crippen LogP contribution in [-0.4, -0.2) is 47.7 Å². The lowest BCUT2D eigenvalue weighted by Crippen LogP contribution is -2.59. The monoisotopic (exact) mass is 261 g/mol. The summed E-state index contributed by atoms with van der Waals surface area (Å²) in [7, 11) is 0. The Hall–Kier alpha value is -1.46. The van der Waals surface area contributed by atoms with Crippen LogP contribution in [0.25, 0.3) is 0 Å². The Bertz CT molecular complexity index is 414. The molecule has 4 N–H and O–H groups in total. The van der Waals surface area contributed by atoms with E-state index in [0.29, 0.717) is 18.1 Å². The van der Waals surface area contributed by atoms with E-state index in [1.54, 1.807) is 0 Å². The van der Waals surface area contributed by atoms with Crippen molar-refractivity contribution in [3.63, 3.8) is 0 Å². The summed E-state index contributed by atoms with van der Waals surface area (Å²) in [6.45, 7) is 5.08. The van der Waals surface area contributed by atoms with Gasteiger partial charge in [0, 0.05) is 31.9 Å². The molecule has 2 heterocycles. The first-order valence-corrected chi connectivity index (χ1v) is 7.12. The Morgan fingerprint density at radius 3 is 2.84 bits per heavy atom. The number of fused-ring (bicyclic) bond motifs is 1. The van der Waals surface area contributed by atoms with Gasteiger partial charge in [0.25, 0.3) is 0 Å². The third-order valence-electron chi connectivity index (χ3n) is 4.20. The molecule has 1 aliphatic carbocycles. The summed E-state index contributed by atoms with van der Waals surface area (Å²) in [5.41, 5.74) is 0. The molecule has 3 unspecified atom stereocenters. The van der Waals surface area contributed by atoms with Crippen LogP contribution in [0.2, 0.25) is 0 Å². The number of nitrogens with zero attached hydrogens (tertiary/aromatic N) is 2. The fraction of sp³-hybridized carbons (Fsp3) is 0.571. The number of nitrogens with one attached hydrogen (secondary N) is 2. The first-order valence-electron chi connectivity index (χ1n) is 7.12. The molecule has 0 aromatic rings. The normalized spacial score (nSPS) is 34.3. The maximum Gasteiger partial charge on any atom is 0.118 e. The first kappa shape index (κ1) is 12.6. The fourth-order valence-electron chi connectivity index (χ4n) is 2.93. The predicted molar refractivity (Wildman–Crippen MR) is 76.8 cm³/mol. The lowest BCUT2D eigenvalue weighted by atomic mass is 10.0. The van der Waals surface area contributed by atoms with Crippen molar-refractivity contribution >= 4 is 0 Å². The van der Waals surface area contributed by atoms with Crippen molar-refractivity contribution in [1.82, 2.24) is 20.5 Å². The summed E-state index contributed by atoms with van der Waals surface area (Å²) in [6, 6.07) is 1.16. The number of nitrogens with two attached hydrogens (primary N) is 1. The van der Waals surface area contributed by atoms with Gasteiger partial charge < -0.3 is 15.5 Å². The Kier molecular flexibility index (Phi) is 3.48. The Balaban J connectivity index is 1.68. The molecule has 5 heteroatoms. The van der Waals surface area contributed by atoms with Crippen molar-refractivity contribution in [2.24, 2.45) is 5.84 Å². The minimum absolute atomic E-state index is 0.348. The summed E-state index contributed by atoms with van der Waals surface area (Å²) >= 11 is 0. The lowest BCUT2D eigenvalue weighted by Gasteiger charge is -2.43. The van der Waals surface area contributed by atoms with E-state index in [9.17, 15) is 0 Å². The maximum absolute atomic E-state index is 6.02. The third-order valence-corrected chi connectivity index (χ3v) is 4.20. The quantitative estimate of drug-likeness (QED) is 0.616. The molecule has 3 rings (SSSR count). The third kappa shape index (κ3) is 2.48. The molecule has 1 fully saturated rings. The number of rotatable bonds is 2. The van der Waals surface area contributed by atoms with Crippen LogP contribution in [0, 0.1) is 0 Å². The zero-order chi connectivity index (χ0) is 13.2. The highest BCUT2D eigenvalue weighted by Gasteiger charge is 2.29. The summed E-state index contributed by atoms with van der Waals surface area (Å²) < 4.78 is 0. The standard InChI is InChI=1S/C14H23N5/c1-2-11-10-18(7-8-19(11)15)14-9-16-12-5-3-4-6-13(12)17-14/h3-6,9,11-13,16-17H,2,7-8,10,15H2,1H3. The van der Waals surface area contributed by atoms with Crippen LogP contribution in [0.1, 0.15) is 13.3 Å². The van der Waals surface area contributed by atoms with Gasteiger partial charge in [0.1, 0.15) is 5.82 Å². The summed E-state index contributed by atoms with van der Waals surface area (Å²) in [5, 5.41) is 9.05. The van der Waals surface area contributed by atoms with Gasteiger partial charge in [-0.1, -0.05) is 31.2 Å². The number of hydrogen-bond donors (Lipinski definition) is 3. The van der Waals surface area contributed by atoms with Gasteiger partial charge in [0.15, 0.2) is 0 Å². The van der Waals surface area contributed by atoms with Crippen LogP contribution < -0.4 is 16.5 Å². The second-order valence-corrected chi connectivity index (χ2v) is 5.41. The molecule has 0 spiro atoms. The Labute approximate surface area is 114 Å². The smallest absolute Gasteiger partial charge is 0.118 e. The molecular weight excluding hydrogens is 238 g/mol. The number of piperazine rings is 1. The average Bonchev–Trinajstić information content (AvgIpc) is 2.47. The zero-order valence-corrected chi connectivity index (χ0v) is 11.4. The van der Waals surface area contributed by atoms with Crippen molar-refractivity contribution in [2.45, 2.75) is 31.5 Å². The van der Waals surface area contributed by atoms with Crippen molar-refractivity contribution in [2.75, 3.05) is 19.6 Å². The summed E-state index contributed by atoms with van der Waals surface area (Å²) in [6.07, 6.45) is 11.8. The predicted octanol–water partition coefficient (Wildman–Crippen LogP) is 0.111. The SMILES string of the molecule is CCC1CN(C2=CNC3C=CC=CC3N2)CCN1N. The van der Waals surface area contributed by atoms with Crippen LogP contribution >= 0.6 is 0 Å². The molecule has 0 saturated carbocycles. The minimum Gasteiger partial charge on any atom is -0.379 e. The minimum atomic E-state index is 0.348. The molecule has 0 amide bonds. The van der Waals surface area contributed by atoms with E-state index in [1.807, 2.05) is 5.01 Å². The second-order valence-electron chi connectivity index (χ2n) is 5.41. The van der Waals surface area contributed by atoms with Crippen LogP contribution in [0.5, 0.6) is 0 Å². The van der Waals surface area contributed by atoms with Gasteiger partial charge in [-0.2, -0.15) is 0 Å². The van der Waals surface area contributed by atoms with E-state index < -0.39 is 0 Å². The molecule has 104 valence electrons. The van der Waals surface area contributed by atoms with Crippen molar-refractivity contribution in [1.29, 1.82) is 0 Å². The first-order chi connectivity index (χ1) is 9.28. The van der Waals surface area contributed by atoms with Crippen molar-refractivity contribution in [3.8, 4) is 0 Å². The molecule has 0 bridgehead atoms. The van der Waals surface area contributed by atoms with E-state index in [4.69, 9.17) is 5.84 Å². The fourth-order valence-corrected chi connectivity index (χ4v) is 2.93. The highest BCUT2D eigenvalue weighted by Crippen LogP contribution is 2.17. The van der Waals surface area contributed by atoms with E-state index in [-0.39, 0.29) is 0 Å². The highest BCUT2D eigenvalue weighted by molar-refractivity contribution is 5.25. The molecular formula is C14H23N5. The van der Waals surface area contributed by atoms with Crippen molar-refractivity contribution in [3.05, 3.63) is 36.3 Å². The van der Waals surface area contributed by atoms with Gasteiger partial charge in [0.2, 0.25) is 0 Å². The Morgan fingerprint density at radius 2 is 2.05 bits per heavy atom. The molecule has 3 atom stereocenters. The molecule has 0 aromatic carbocycles. The van der Waals surface area contributed by atoms with Gasteiger partial charge in [-0.05, 0) is 6.42 Å². The summed E-state index contributed by atoms with van der Waals surface area (Å²) in [5.74, 6) is 7.21. The number of allylic oxidation sites excluding steroid dienone is 2. The largest absolute Gasteiger partial charge is 0.379 e. The molecule has 5 nitrogen and oxygen atoms in total.